The van der Waals surface area contributed by atoms with Crippen LogP contribution in [0.2, 0.25) is 0 Å². The van der Waals surface area contributed by atoms with Crippen molar-refractivity contribution in [2.45, 2.75) is 20.3 Å². The van der Waals surface area contributed by atoms with Crippen molar-refractivity contribution >= 4 is 5.95 Å². The second kappa shape index (κ2) is 11.0. The van der Waals surface area contributed by atoms with Crippen LogP contribution in [0.15, 0.2) is 54.1 Å². The number of methoxy groups -OCH3 is 3. The van der Waals surface area contributed by atoms with Gasteiger partial charge in [0, 0.05) is 18.1 Å². The lowest BCUT2D eigenvalue weighted by molar-refractivity contribution is 0.275. The van der Waals surface area contributed by atoms with Gasteiger partial charge in [0.15, 0.2) is 17.3 Å². The van der Waals surface area contributed by atoms with Crippen molar-refractivity contribution in [2.75, 3.05) is 33.7 Å². The first-order chi connectivity index (χ1) is 16.0. The summed E-state index contributed by atoms with van der Waals surface area (Å²) < 4.78 is 23.4. The van der Waals surface area contributed by atoms with Gasteiger partial charge >= 0.3 is 0 Å². The van der Waals surface area contributed by atoms with Crippen molar-refractivity contribution in [1.29, 1.82) is 0 Å². The first kappa shape index (κ1) is 23.6. The standard InChI is InChI=1S/C23H28N6O4/c1-6-7-17(15(2)30-3)13-33-22-12-20(25-14-26-22)29-21(27-23(24)28-29)11-16-8-9-18(31-4)19(10-16)32-5/h6-10,12,14H,11,13H2,1-5H3,(H2,24,28)/b7-6-,17-15-. The Hall–Kier alpha value is -4.08. The number of aromatic nitrogens is 5. The summed E-state index contributed by atoms with van der Waals surface area (Å²) in [6.07, 6.45) is 5.71. The third-order valence-corrected chi connectivity index (χ3v) is 4.85. The average Bonchev–Trinajstić information content (AvgIpc) is 3.21. The van der Waals surface area contributed by atoms with E-state index in [4.69, 9.17) is 24.7 Å². The molecule has 0 radical (unpaired) electrons. The Labute approximate surface area is 192 Å². The minimum absolute atomic E-state index is 0.139. The van der Waals surface area contributed by atoms with Gasteiger partial charge in [-0.25, -0.2) is 9.97 Å². The van der Waals surface area contributed by atoms with Crippen LogP contribution < -0.4 is 19.9 Å². The number of allylic oxidation sites excluding steroid dienone is 2. The number of hydrogen-bond donors (Lipinski definition) is 1. The zero-order chi connectivity index (χ0) is 23.8. The van der Waals surface area contributed by atoms with Crippen LogP contribution in [0.25, 0.3) is 5.82 Å². The lowest BCUT2D eigenvalue weighted by Crippen LogP contribution is -2.09. The summed E-state index contributed by atoms with van der Waals surface area (Å²) in [4.78, 5) is 12.9. The maximum Gasteiger partial charge on any atom is 0.240 e. The summed E-state index contributed by atoms with van der Waals surface area (Å²) in [5.74, 6) is 3.66. The zero-order valence-corrected chi connectivity index (χ0v) is 19.4. The van der Waals surface area contributed by atoms with Gasteiger partial charge in [-0.1, -0.05) is 18.2 Å². The highest BCUT2D eigenvalue weighted by Gasteiger charge is 2.15. The van der Waals surface area contributed by atoms with Crippen molar-refractivity contribution in [2.24, 2.45) is 0 Å². The number of rotatable bonds is 10. The van der Waals surface area contributed by atoms with Crippen molar-refractivity contribution in [3.05, 3.63) is 65.5 Å². The quantitative estimate of drug-likeness (QED) is 0.365. The molecule has 0 spiro atoms. The monoisotopic (exact) mass is 452 g/mol. The zero-order valence-electron chi connectivity index (χ0n) is 19.4. The second-order valence-corrected chi connectivity index (χ2v) is 6.95. The highest BCUT2D eigenvalue weighted by atomic mass is 16.5. The molecule has 3 rings (SSSR count). The molecule has 0 bridgehead atoms. The topological polar surface area (TPSA) is 119 Å². The fourth-order valence-electron chi connectivity index (χ4n) is 3.11. The number of nitrogens with two attached hydrogens (primary N) is 1. The van der Waals surface area contributed by atoms with Crippen molar-refractivity contribution in [3.63, 3.8) is 0 Å². The lowest BCUT2D eigenvalue weighted by atomic mass is 10.1. The molecule has 0 unspecified atom stereocenters. The number of hydrogen-bond acceptors (Lipinski definition) is 9. The minimum atomic E-state index is 0.139. The van der Waals surface area contributed by atoms with E-state index in [1.807, 2.05) is 44.2 Å². The van der Waals surface area contributed by atoms with Gasteiger partial charge in [0.25, 0.3) is 0 Å². The molecule has 0 atom stereocenters. The van der Waals surface area contributed by atoms with E-state index in [0.29, 0.717) is 42.0 Å². The molecule has 0 saturated carbocycles. The van der Waals surface area contributed by atoms with Gasteiger partial charge in [0.1, 0.15) is 18.8 Å². The predicted molar refractivity (Wildman–Crippen MR) is 124 cm³/mol. The molecule has 10 nitrogen and oxygen atoms in total. The van der Waals surface area contributed by atoms with Crippen LogP contribution in [0.1, 0.15) is 25.2 Å². The third kappa shape index (κ3) is 5.79. The van der Waals surface area contributed by atoms with Gasteiger partial charge in [-0.2, -0.15) is 9.67 Å². The summed E-state index contributed by atoms with van der Waals surface area (Å²) in [7, 11) is 4.81. The maximum absolute atomic E-state index is 5.90. The van der Waals surface area contributed by atoms with Crippen LogP contribution in [0.5, 0.6) is 17.4 Å². The first-order valence-corrected chi connectivity index (χ1v) is 10.2. The number of ether oxygens (including phenoxy) is 4. The predicted octanol–water partition coefficient (Wildman–Crippen LogP) is 3.12. The summed E-state index contributed by atoms with van der Waals surface area (Å²) >= 11 is 0. The molecule has 2 aromatic heterocycles. The molecule has 0 aliphatic carbocycles. The first-order valence-electron chi connectivity index (χ1n) is 10.2. The van der Waals surface area contributed by atoms with Crippen LogP contribution in [0.3, 0.4) is 0 Å². The van der Waals surface area contributed by atoms with Gasteiger partial charge in [-0.05, 0) is 31.5 Å². The Morgan fingerprint density at radius 2 is 1.88 bits per heavy atom. The van der Waals surface area contributed by atoms with E-state index in [0.717, 1.165) is 16.9 Å². The van der Waals surface area contributed by atoms with Crippen LogP contribution in [0, 0.1) is 0 Å². The number of nitrogen functional groups attached to an aromatic ring is 1. The van der Waals surface area contributed by atoms with Gasteiger partial charge < -0.3 is 24.7 Å². The van der Waals surface area contributed by atoms with Crippen molar-refractivity contribution in [1.82, 2.24) is 24.7 Å². The molecular formula is C23H28N6O4. The Morgan fingerprint density at radius 1 is 1.09 bits per heavy atom. The van der Waals surface area contributed by atoms with E-state index < -0.39 is 0 Å². The Balaban J connectivity index is 1.85. The molecule has 1 aromatic carbocycles. The fourth-order valence-corrected chi connectivity index (χ4v) is 3.11. The van der Waals surface area contributed by atoms with E-state index in [1.54, 1.807) is 32.1 Å². The molecule has 0 saturated heterocycles. The lowest BCUT2D eigenvalue weighted by Gasteiger charge is -2.11. The second-order valence-electron chi connectivity index (χ2n) is 6.95. The largest absolute Gasteiger partial charge is 0.501 e. The SMILES string of the molecule is C/C=C\C(COc1cc(-n2nc(N)nc2Cc2ccc(OC)c(OC)c2)ncn1)=C(/C)OC. The fraction of sp³-hybridized carbons (Fsp3) is 0.304. The summed E-state index contributed by atoms with van der Waals surface area (Å²) in [5, 5.41) is 4.30. The molecule has 0 aliphatic heterocycles. The molecule has 0 aliphatic rings. The van der Waals surface area contributed by atoms with Gasteiger partial charge in [-0.15, -0.1) is 5.10 Å². The molecule has 10 heteroatoms. The summed E-state index contributed by atoms with van der Waals surface area (Å²) in [5.41, 5.74) is 7.75. The van der Waals surface area contributed by atoms with Crippen molar-refractivity contribution < 1.29 is 18.9 Å². The summed E-state index contributed by atoms with van der Waals surface area (Å²) in [6.45, 7) is 4.10. The van der Waals surface area contributed by atoms with Crippen LogP contribution in [-0.4, -0.2) is 52.7 Å². The van der Waals surface area contributed by atoms with E-state index in [9.17, 15) is 0 Å². The van der Waals surface area contributed by atoms with E-state index >= 15 is 0 Å². The summed E-state index contributed by atoms with van der Waals surface area (Å²) in [6, 6.07) is 7.34. The van der Waals surface area contributed by atoms with Crippen molar-refractivity contribution in [3.8, 4) is 23.2 Å². The highest BCUT2D eigenvalue weighted by molar-refractivity contribution is 5.44. The van der Waals surface area contributed by atoms with Gasteiger partial charge in [0.05, 0.1) is 27.1 Å². The molecule has 2 heterocycles. The molecule has 174 valence electrons. The van der Waals surface area contributed by atoms with E-state index in [2.05, 4.69) is 20.1 Å². The van der Waals surface area contributed by atoms with Gasteiger partial charge in [-0.3, -0.25) is 0 Å². The molecule has 3 aromatic rings. The minimum Gasteiger partial charge on any atom is -0.501 e. The molecule has 0 fully saturated rings. The Kier molecular flexibility index (Phi) is 7.85. The van der Waals surface area contributed by atoms with Gasteiger partial charge in [0.2, 0.25) is 11.8 Å². The smallest absolute Gasteiger partial charge is 0.240 e. The third-order valence-electron chi connectivity index (χ3n) is 4.85. The molecule has 33 heavy (non-hydrogen) atoms. The average molecular weight is 453 g/mol. The van der Waals surface area contributed by atoms with Crippen LogP contribution in [0.4, 0.5) is 5.95 Å². The molecular weight excluding hydrogens is 424 g/mol. The number of nitrogens with zero attached hydrogens (tertiary/aromatic N) is 5. The Bertz CT molecular complexity index is 1160. The van der Waals surface area contributed by atoms with E-state index in [1.165, 1.54) is 6.33 Å². The van der Waals surface area contributed by atoms with Crippen LogP contribution in [-0.2, 0) is 11.2 Å². The number of benzene rings is 1. The molecule has 2 N–H and O–H groups in total. The van der Waals surface area contributed by atoms with E-state index in [-0.39, 0.29) is 5.95 Å². The highest BCUT2D eigenvalue weighted by Crippen LogP contribution is 2.28. The Morgan fingerprint density at radius 3 is 2.58 bits per heavy atom. The normalized spacial score (nSPS) is 11.9. The maximum atomic E-state index is 5.90. The molecule has 0 amide bonds. The van der Waals surface area contributed by atoms with Crippen LogP contribution >= 0.6 is 0 Å². The number of anilines is 1.